The van der Waals surface area contributed by atoms with Crippen molar-refractivity contribution in [2.24, 2.45) is 5.92 Å². The summed E-state index contributed by atoms with van der Waals surface area (Å²) >= 11 is 5.65. The molecule has 8 nitrogen and oxygen atoms in total. The van der Waals surface area contributed by atoms with Gasteiger partial charge in [0.2, 0.25) is 5.15 Å². The molecular weight excluding hydrogens is 302 g/mol. The number of carboxylic acids is 1. The monoisotopic (exact) mass is 315 g/mol. The van der Waals surface area contributed by atoms with Gasteiger partial charge in [0.1, 0.15) is 5.56 Å². The van der Waals surface area contributed by atoms with Crippen LogP contribution >= 0.6 is 11.6 Å². The maximum Gasteiger partial charge on any atom is 0.319 e. The van der Waals surface area contributed by atoms with Crippen LogP contribution in [0.15, 0.2) is 12.3 Å². The van der Waals surface area contributed by atoms with Crippen molar-refractivity contribution in [1.29, 1.82) is 0 Å². The number of carbonyl (C=O) groups excluding carboxylic acids is 1. The van der Waals surface area contributed by atoms with Gasteiger partial charge < -0.3 is 10.0 Å². The number of hydrogen-bond acceptors (Lipinski definition) is 5. The van der Waals surface area contributed by atoms with Crippen molar-refractivity contribution in [3.8, 4) is 0 Å². The van der Waals surface area contributed by atoms with Gasteiger partial charge in [-0.2, -0.15) is 0 Å². The summed E-state index contributed by atoms with van der Waals surface area (Å²) in [7, 11) is 0. The summed E-state index contributed by atoms with van der Waals surface area (Å²) in [4.78, 5) is 38.2. The van der Waals surface area contributed by atoms with Gasteiger partial charge in [-0.15, -0.1) is 0 Å². The lowest BCUT2D eigenvalue weighted by molar-refractivity contribution is -0.385. The lowest BCUT2D eigenvalue weighted by atomic mass is 10.1. The highest BCUT2D eigenvalue weighted by molar-refractivity contribution is 6.32. The number of rotatable bonds is 6. The number of nitrogens with zero attached hydrogens (tertiary/aromatic N) is 3. The highest BCUT2D eigenvalue weighted by Gasteiger charge is 2.29. The zero-order chi connectivity index (χ0) is 16.2. The third kappa shape index (κ3) is 3.88. The first kappa shape index (κ1) is 16.8. The Balaban J connectivity index is 3.14. The molecule has 1 aromatic heterocycles. The number of carboxylic acid groups (broad SMARTS) is 1. The standard InChI is InChI=1S/C12H14ClN3O5/c1-3-15(6-7(2)12(18)19)11(17)8-4-5-14-10(13)9(8)16(20)21/h4-5,7H,3,6H2,1-2H3,(H,18,19). The van der Waals surface area contributed by atoms with Gasteiger partial charge in [-0.05, 0) is 13.0 Å². The number of aliphatic carboxylic acids is 1. The van der Waals surface area contributed by atoms with Crippen LogP contribution < -0.4 is 0 Å². The summed E-state index contributed by atoms with van der Waals surface area (Å²) in [6, 6.07) is 1.19. The fourth-order valence-corrected chi connectivity index (χ4v) is 1.94. The average Bonchev–Trinajstić information content (AvgIpc) is 2.42. The van der Waals surface area contributed by atoms with Crippen molar-refractivity contribution in [2.75, 3.05) is 13.1 Å². The van der Waals surface area contributed by atoms with Crippen LogP contribution in [-0.2, 0) is 4.79 Å². The van der Waals surface area contributed by atoms with E-state index < -0.39 is 28.4 Å². The maximum absolute atomic E-state index is 12.4. The largest absolute Gasteiger partial charge is 0.481 e. The van der Waals surface area contributed by atoms with Crippen LogP contribution in [0.25, 0.3) is 0 Å². The third-order valence-electron chi connectivity index (χ3n) is 2.88. The summed E-state index contributed by atoms with van der Waals surface area (Å²) in [5.74, 6) is -2.49. The number of halogens is 1. The van der Waals surface area contributed by atoms with Crippen molar-refractivity contribution in [3.05, 3.63) is 33.1 Å². The smallest absolute Gasteiger partial charge is 0.319 e. The van der Waals surface area contributed by atoms with E-state index in [0.717, 1.165) is 0 Å². The molecule has 0 bridgehead atoms. The molecular formula is C12H14ClN3O5. The molecule has 114 valence electrons. The Kier molecular flexibility index (Phi) is 5.60. The number of amides is 1. The van der Waals surface area contributed by atoms with Crippen LogP contribution in [0.1, 0.15) is 24.2 Å². The van der Waals surface area contributed by atoms with Crippen molar-refractivity contribution in [2.45, 2.75) is 13.8 Å². The van der Waals surface area contributed by atoms with E-state index in [1.807, 2.05) is 0 Å². The summed E-state index contributed by atoms with van der Waals surface area (Å²) in [5, 5.41) is 19.5. The van der Waals surface area contributed by atoms with Gasteiger partial charge in [-0.25, -0.2) is 4.98 Å². The van der Waals surface area contributed by atoms with Gasteiger partial charge in [0.15, 0.2) is 0 Å². The van der Waals surface area contributed by atoms with Crippen LogP contribution in [0.4, 0.5) is 5.69 Å². The third-order valence-corrected chi connectivity index (χ3v) is 3.15. The van der Waals surface area contributed by atoms with E-state index in [1.165, 1.54) is 24.1 Å². The van der Waals surface area contributed by atoms with E-state index in [0.29, 0.717) is 0 Å². The van der Waals surface area contributed by atoms with Crippen LogP contribution in [0.3, 0.4) is 0 Å². The Morgan fingerprint density at radius 2 is 2.19 bits per heavy atom. The van der Waals surface area contributed by atoms with E-state index in [-0.39, 0.29) is 23.8 Å². The zero-order valence-electron chi connectivity index (χ0n) is 11.4. The zero-order valence-corrected chi connectivity index (χ0v) is 12.2. The molecule has 1 heterocycles. The Morgan fingerprint density at radius 3 is 2.67 bits per heavy atom. The molecule has 0 radical (unpaired) electrons. The Bertz CT molecular complexity index is 578. The second-order valence-corrected chi connectivity index (χ2v) is 4.70. The predicted octanol–water partition coefficient (Wildman–Crippen LogP) is 1.83. The van der Waals surface area contributed by atoms with Gasteiger partial charge in [0.05, 0.1) is 10.8 Å². The summed E-state index contributed by atoms with van der Waals surface area (Å²) in [6.45, 7) is 3.27. The Morgan fingerprint density at radius 1 is 1.57 bits per heavy atom. The molecule has 0 fully saturated rings. The van der Waals surface area contributed by atoms with Crippen molar-refractivity contribution in [1.82, 2.24) is 9.88 Å². The van der Waals surface area contributed by atoms with Crippen molar-refractivity contribution < 1.29 is 19.6 Å². The number of carbonyl (C=O) groups is 2. The normalized spacial score (nSPS) is 11.8. The summed E-state index contributed by atoms with van der Waals surface area (Å²) in [6.07, 6.45) is 1.19. The van der Waals surface area contributed by atoms with Crippen molar-refractivity contribution >= 4 is 29.2 Å². The van der Waals surface area contributed by atoms with Gasteiger partial charge >= 0.3 is 11.7 Å². The fraction of sp³-hybridized carbons (Fsp3) is 0.417. The van der Waals surface area contributed by atoms with Gasteiger partial charge in [-0.1, -0.05) is 18.5 Å². The van der Waals surface area contributed by atoms with E-state index in [4.69, 9.17) is 16.7 Å². The molecule has 0 aliphatic heterocycles. The second-order valence-electron chi connectivity index (χ2n) is 4.34. The highest BCUT2D eigenvalue weighted by atomic mass is 35.5. The molecule has 0 aliphatic rings. The molecule has 0 spiro atoms. The Labute approximate surface area is 125 Å². The fourth-order valence-electron chi connectivity index (χ4n) is 1.71. The molecule has 0 saturated carbocycles. The first-order valence-electron chi connectivity index (χ1n) is 6.10. The summed E-state index contributed by atoms with van der Waals surface area (Å²) in [5.41, 5.74) is -0.787. The number of hydrogen-bond donors (Lipinski definition) is 1. The van der Waals surface area contributed by atoms with Crippen molar-refractivity contribution in [3.63, 3.8) is 0 Å². The minimum absolute atomic E-state index is 0.0538. The first-order valence-corrected chi connectivity index (χ1v) is 6.48. The van der Waals surface area contributed by atoms with Crippen LogP contribution in [0.2, 0.25) is 5.15 Å². The number of pyridine rings is 1. The van der Waals surface area contributed by atoms with Gasteiger partial charge in [0, 0.05) is 19.3 Å². The molecule has 21 heavy (non-hydrogen) atoms. The van der Waals surface area contributed by atoms with E-state index >= 15 is 0 Å². The molecule has 1 rings (SSSR count). The number of nitro groups is 1. The minimum Gasteiger partial charge on any atom is -0.481 e. The van der Waals surface area contributed by atoms with Crippen LogP contribution in [0.5, 0.6) is 0 Å². The predicted molar refractivity (Wildman–Crippen MR) is 74.3 cm³/mol. The minimum atomic E-state index is -1.05. The number of aromatic nitrogens is 1. The molecule has 1 atom stereocenters. The van der Waals surface area contributed by atoms with Crippen LogP contribution in [0, 0.1) is 16.0 Å². The molecule has 1 unspecified atom stereocenters. The molecule has 1 N–H and O–H groups in total. The SMILES string of the molecule is CCN(CC(C)C(=O)O)C(=O)c1ccnc(Cl)c1[N+](=O)[O-]. The molecule has 9 heteroatoms. The van der Waals surface area contributed by atoms with Crippen LogP contribution in [-0.4, -0.2) is 44.9 Å². The molecule has 0 aliphatic carbocycles. The van der Waals surface area contributed by atoms with Gasteiger partial charge in [-0.3, -0.25) is 19.7 Å². The van der Waals surface area contributed by atoms with E-state index in [1.54, 1.807) is 6.92 Å². The highest BCUT2D eigenvalue weighted by Crippen LogP contribution is 2.27. The lowest BCUT2D eigenvalue weighted by Crippen LogP contribution is -2.37. The molecule has 1 aromatic rings. The molecule has 0 aromatic carbocycles. The molecule has 0 saturated heterocycles. The quantitative estimate of drug-likeness (QED) is 0.486. The topological polar surface area (TPSA) is 114 Å². The van der Waals surface area contributed by atoms with Gasteiger partial charge in [0.25, 0.3) is 5.91 Å². The maximum atomic E-state index is 12.4. The Hall–Kier alpha value is -2.22. The summed E-state index contributed by atoms with van der Waals surface area (Å²) < 4.78 is 0. The second kappa shape index (κ2) is 6.98. The lowest BCUT2D eigenvalue weighted by Gasteiger charge is -2.22. The van der Waals surface area contributed by atoms with E-state index in [2.05, 4.69) is 4.98 Å². The molecule has 1 amide bonds. The average molecular weight is 316 g/mol. The first-order chi connectivity index (χ1) is 9.79. The van der Waals surface area contributed by atoms with E-state index in [9.17, 15) is 19.7 Å².